The summed E-state index contributed by atoms with van der Waals surface area (Å²) in [6.07, 6.45) is 1.92. The molecule has 0 saturated carbocycles. The zero-order chi connectivity index (χ0) is 11.6. The largest absolute Gasteiger partial charge is 0.317 e. The molecule has 1 aliphatic heterocycles. The fourth-order valence-corrected chi connectivity index (χ4v) is 2.64. The third-order valence-corrected chi connectivity index (χ3v) is 3.66. The van der Waals surface area contributed by atoms with Crippen LogP contribution in [0, 0.1) is 5.82 Å². The highest BCUT2D eigenvalue weighted by molar-refractivity contribution is 5.27. The second kappa shape index (κ2) is 4.52. The van der Waals surface area contributed by atoms with Crippen LogP contribution in [0.2, 0.25) is 0 Å². The van der Waals surface area contributed by atoms with Crippen LogP contribution in [0.5, 0.6) is 0 Å². The lowest BCUT2D eigenvalue weighted by atomic mass is 9.80. The van der Waals surface area contributed by atoms with Crippen LogP contribution in [-0.2, 0) is 5.54 Å². The number of nitrogens with zero attached hydrogens (tertiary/aromatic N) is 1. The van der Waals surface area contributed by atoms with E-state index in [-0.39, 0.29) is 11.4 Å². The fraction of sp³-hybridized carbons (Fsp3) is 0.538. The van der Waals surface area contributed by atoms with Crippen LogP contribution in [-0.4, -0.2) is 32.1 Å². The van der Waals surface area contributed by atoms with Gasteiger partial charge < -0.3 is 5.32 Å². The Balaban J connectivity index is 2.43. The molecule has 88 valence electrons. The molecule has 1 aromatic rings. The van der Waals surface area contributed by atoms with Crippen LogP contribution < -0.4 is 5.32 Å². The van der Waals surface area contributed by atoms with Crippen molar-refractivity contribution in [3.05, 3.63) is 35.6 Å². The number of hydrogen-bond acceptors (Lipinski definition) is 2. The highest BCUT2D eigenvalue weighted by Gasteiger charge is 2.37. The lowest BCUT2D eigenvalue weighted by Crippen LogP contribution is -2.49. The summed E-state index contributed by atoms with van der Waals surface area (Å²) < 4.78 is 13.9. The van der Waals surface area contributed by atoms with Gasteiger partial charge in [0.25, 0.3) is 0 Å². The summed E-state index contributed by atoms with van der Waals surface area (Å²) in [5.74, 6) is -0.0851. The van der Waals surface area contributed by atoms with Gasteiger partial charge in [-0.15, -0.1) is 0 Å². The highest BCUT2D eigenvalue weighted by Crippen LogP contribution is 2.36. The number of benzene rings is 1. The van der Waals surface area contributed by atoms with Gasteiger partial charge in [-0.25, -0.2) is 4.39 Å². The molecule has 0 aliphatic carbocycles. The topological polar surface area (TPSA) is 15.3 Å². The van der Waals surface area contributed by atoms with Gasteiger partial charge in [-0.1, -0.05) is 18.2 Å². The molecule has 0 radical (unpaired) electrons. The molecule has 0 aromatic heterocycles. The molecule has 0 amide bonds. The minimum atomic E-state index is -0.142. The van der Waals surface area contributed by atoms with Crippen molar-refractivity contribution in [3.8, 4) is 0 Å². The first-order valence-corrected chi connectivity index (χ1v) is 5.80. The van der Waals surface area contributed by atoms with E-state index in [9.17, 15) is 4.39 Å². The summed E-state index contributed by atoms with van der Waals surface area (Å²) in [4.78, 5) is 2.16. The number of hydrogen-bond donors (Lipinski definition) is 1. The van der Waals surface area contributed by atoms with Gasteiger partial charge in [-0.2, -0.15) is 0 Å². The zero-order valence-electron chi connectivity index (χ0n) is 9.96. The van der Waals surface area contributed by atoms with Crippen molar-refractivity contribution in [1.82, 2.24) is 10.2 Å². The molecule has 1 N–H and O–H groups in total. The number of nitrogens with one attached hydrogen (secondary N) is 1. The summed E-state index contributed by atoms with van der Waals surface area (Å²) in [5, 5.41) is 3.33. The average molecular weight is 222 g/mol. The Hall–Kier alpha value is -0.930. The maximum Gasteiger partial charge on any atom is 0.128 e. The van der Waals surface area contributed by atoms with Crippen molar-refractivity contribution in [2.45, 2.75) is 18.4 Å². The van der Waals surface area contributed by atoms with E-state index in [1.807, 2.05) is 26.2 Å². The summed E-state index contributed by atoms with van der Waals surface area (Å²) in [6.45, 7) is 1.90. The third kappa shape index (κ3) is 1.85. The molecule has 0 unspecified atom stereocenters. The average Bonchev–Trinajstić information content (AvgIpc) is 2.30. The van der Waals surface area contributed by atoms with Gasteiger partial charge in [0, 0.05) is 5.56 Å². The van der Waals surface area contributed by atoms with E-state index in [1.165, 1.54) is 0 Å². The Kier molecular flexibility index (Phi) is 3.26. The summed E-state index contributed by atoms with van der Waals surface area (Å²) >= 11 is 0. The summed E-state index contributed by atoms with van der Waals surface area (Å²) in [7, 11) is 4.08. The van der Waals surface area contributed by atoms with Crippen LogP contribution in [0.15, 0.2) is 24.3 Å². The Morgan fingerprint density at radius 2 is 1.81 bits per heavy atom. The van der Waals surface area contributed by atoms with Crippen LogP contribution in [0.3, 0.4) is 0 Å². The van der Waals surface area contributed by atoms with Gasteiger partial charge in [0.1, 0.15) is 5.82 Å². The Morgan fingerprint density at radius 3 is 2.38 bits per heavy atom. The molecule has 0 spiro atoms. The Bertz CT molecular complexity index is 357. The monoisotopic (exact) mass is 222 g/mol. The lowest BCUT2D eigenvalue weighted by molar-refractivity contribution is 0.103. The molecule has 1 heterocycles. The second-order valence-corrected chi connectivity index (χ2v) is 4.66. The molecule has 1 fully saturated rings. The molecule has 0 atom stereocenters. The van der Waals surface area contributed by atoms with E-state index in [0.717, 1.165) is 31.5 Å². The van der Waals surface area contributed by atoms with E-state index >= 15 is 0 Å². The standard InChI is InChI=1S/C13H19FN2/c1-16(2)13(7-9-15-10-8-13)11-5-3-4-6-12(11)14/h3-6,15H,7-10H2,1-2H3. The lowest BCUT2D eigenvalue weighted by Gasteiger charge is -2.43. The van der Waals surface area contributed by atoms with Crippen molar-refractivity contribution >= 4 is 0 Å². The molecule has 3 heteroatoms. The Morgan fingerprint density at radius 1 is 1.19 bits per heavy atom. The third-order valence-electron chi connectivity index (χ3n) is 3.66. The van der Waals surface area contributed by atoms with E-state index in [4.69, 9.17) is 0 Å². The van der Waals surface area contributed by atoms with Gasteiger partial charge in [0.15, 0.2) is 0 Å². The van der Waals surface area contributed by atoms with Crippen molar-refractivity contribution in [2.24, 2.45) is 0 Å². The van der Waals surface area contributed by atoms with Crippen LogP contribution >= 0.6 is 0 Å². The Labute approximate surface area is 96.5 Å². The maximum absolute atomic E-state index is 13.9. The molecule has 16 heavy (non-hydrogen) atoms. The SMILES string of the molecule is CN(C)C1(c2ccccc2F)CCNCC1. The summed E-state index contributed by atoms with van der Waals surface area (Å²) in [6, 6.07) is 7.15. The quantitative estimate of drug-likeness (QED) is 0.823. The van der Waals surface area contributed by atoms with E-state index < -0.39 is 0 Å². The van der Waals surface area contributed by atoms with Crippen molar-refractivity contribution in [3.63, 3.8) is 0 Å². The maximum atomic E-state index is 13.9. The smallest absolute Gasteiger partial charge is 0.128 e. The van der Waals surface area contributed by atoms with Crippen LogP contribution in [0.25, 0.3) is 0 Å². The molecule has 0 bridgehead atoms. The first-order valence-electron chi connectivity index (χ1n) is 5.80. The second-order valence-electron chi connectivity index (χ2n) is 4.66. The van der Waals surface area contributed by atoms with Crippen molar-refractivity contribution < 1.29 is 4.39 Å². The normalized spacial score (nSPS) is 20.0. The summed E-state index contributed by atoms with van der Waals surface area (Å²) in [5.41, 5.74) is 0.692. The molecular formula is C13H19FN2. The van der Waals surface area contributed by atoms with Crippen LogP contribution in [0.1, 0.15) is 18.4 Å². The number of halogens is 1. The first kappa shape index (κ1) is 11.6. The molecule has 1 saturated heterocycles. The van der Waals surface area contributed by atoms with Gasteiger partial charge in [-0.05, 0) is 46.1 Å². The van der Waals surface area contributed by atoms with E-state index in [0.29, 0.717) is 0 Å². The molecule has 1 aromatic carbocycles. The van der Waals surface area contributed by atoms with Gasteiger partial charge >= 0.3 is 0 Å². The predicted molar refractivity (Wildman–Crippen MR) is 63.9 cm³/mol. The molecule has 2 nitrogen and oxygen atoms in total. The fourth-order valence-electron chi connectivity index (χ4n) is 2.64. The molecule has 1 aliphatic rings. The minimum Gasteiger partial charge on any atom is -0.317 e. The van der Waals surface area contributed by atoms with Gasteiger partial charge in [-0.3, -0.25) is 4.90 Å². The predicted octanol–water partition coefficient (Wildman–Crippen LogP) is 1.97. The molecule has 2 rings (SSSR count). The molecular weight excluding hydrogens is 203 g/mol. The van der Waals surface area contributed by atoms with E-state index in [2.05, 4.69) is 10.2 Å². The van der Waals surface area contributed by atoms with Gasteiger partial charge in [0.05, 0.1) is 5.54 Å². The number of piperidine rings is 1. The van der Waals surface area contributed by atoms with E-state index in [1.54, 1.807) is 12.1 Å². The first-order chi connectivity index (χ1) is 7.67. The zero-order valence-corrected chi connectivity index (χ0v) is 9.96. The van der Waals surface area contributed by atoms with Crippen molar-refractivity contribution in [1.29, 1.82) is 0 Å². The number of rotatable bonds is 2. The highest BCUT2D eigenvalue weighted by atomic mass is 19.1. The van der Waals surface area contributed by atoms with Gasteiger partial charge in [0.2, 0.25) is 0 Å². The van der Waals surface area contributed by atoms with Crippen molar-refractivity contribution in [2.75, 3.05) is 27.2 Å². The van der Waals surface area contributed by atoms with Crippen LogP contribution in [0.4, 0.5) is 4.39 Å². The minimum absolute atomic E-state index is 0.0851.